The van der Waals surface area contributed by atoms with E-state index in [1.807, 2.05) is 42.7 Å². The number of benzene rings is 2. The zero-order chi connectivity index (χ0) is 27.8. The first-order valence-corrected chi connectivity index (χ1v) is 13.2. The minimum absolute atomic E-state index is 0.269. The van der Waals surface area contributed by atoms with Gasteiger partial charge in [-0.15, -0.1) is 0 Å². The van der Waals surface area contributed by atoms with Crippen LogP contribution in [-0.2, 0) is 19.6 Å². The molecule has 2 heterocycles. The van der Waals surface area contributed by atoms with E-state index in [0.29, 0.717) is 15.6 Å². The summed E-state index contributed by atoms with van der Waals surface area (Å²) in [6.07, 6.45) is -1.45. The van der Waals surface area contributed by atoms with E-state index in [4.69, 9.17) is 4.74 Å². The number of nitro benzene ring substituents is 1. The lowest BCUT2D eigenvalue weighted by Gasteiger charge is -2.22. The van der Waals surface area contributed by atoms with Crippen LogP contribution in [0.4, 0.5) is 5.69 Å². The van der Waals surface area contributed by atoms with E-state index in [-0.39, 0.29) is 6.42 Å². The molecule has 0 radical (unpaired) electrons. The van der Waals surface area contributed by atoms with Crippen molar-refractivity contribution in [2.24, 2.45) is 0 Å². The van der Waals surface area contributed by atoms with Gasteiger partial charge < -0.3 is 14.4 Å². The second kappa shape index (κ2) is 10.5. The Labute approximate surface area is 219 Å². The van der Waals surface area contributed by atoms with Crippen LogP contribution in [-0.4, -0.2) is 64.4 Å². The van der Waals surface area contributed by atoms with Gasteiger partial charge >= 0.3 is 5.97 Å². The second-order valence-electron chi connectivity index (χ2n) is 9.19. The molecule has 200 valence electrons. The van der Waals surface area contributed by atoms with Crippen molar-refractivity contribution in [3.05, 3.63) is 87.2 Å². The number of para-hydroxylation sites is 1. The maximum atomic E-state index is 13.3. The van der Waals surface area contributed by atoms with Gasteiger partial charge in [0.05, 0.1) is 11.0 Å². The largest absolute Gasteiger partial charge is 0.456 e. The van der Waals surface area contributed by atoms with Crippen LogP contribution in [0, 0.1) is 30.9 Å². The molecular formula is C26H27N3O8S. The van der Waals surface area contributed by atoms with E-state index in [9.17, 15) is 33.2 Å². The average molecular weight is 542 g/mol. The zero-order valence-corrected chi connectivity index (χ0v) is 21.8. The lowest BCUT2D eigenvalue weighted by atomic mass is 10.1. The predicted octanol–water partition coefficient (Wildman–Crippen LogP) is 2.86. The molecule has 0 unspecified atom stereocenters. The number of β-amino-alcohol motifs (C(OH)–C–C–N with tert-alkyl or cyclic N) is 1. The van der Waals surface area contributed by atoms with Crippen LogP contribution in [0.25, 0.3) is 5.69 Å². The molecule has 3 aromatic rings. The number of aromatic nitrogens is 1. The van der Waals surface area contributed by atoms with Crippen molar-refractivity contribution in [2.45, 2.75) is 44.2 Å². The standard InChI is InChI=1S/C26H27N3O8S/c1-16-8-10-19(11-9-16)28-17(2)12-21(18(28)3)24(31)15-37-26(32)23-13-20(30)14-27(23)38(35,36)25-7-5-4-6-22(25)29(33)34/h4-12,20,23,30H,13-15H2,1-3H3/t20-,23-/m1/s1. The number of ether oxygens (including phenoxy) is 1. The summed E-state index contributed by atoms with van der Waals surface area (Å²) in [6.45, 7) is 4.51. The summed E-state index contributed by atoms with van der Waals surface area (Å²) in [5.41, 5.74) is 3.13. The number of nitro groups is 1. The number of carbonyl (C=O) groups is 2. The van der Waals surface area contributed by atoms with E-state index in [1.54, 1.807) is 13.0 Å². The molecular weight excluding hydrogens is 514 g/mol. The number of aliphatic hydroxyl groups is 1. The summed E-state index contributed by atoms with van der Waals surface area (Å²) < 4.78 is 34.3. The first kappa shape index (κ1) is 27.2. The second-order valence-corrected chi connectivity index (χ2v) is 11.1. The lowest BCUT2D eigenvalue weighted by molar-refractivity contribution is -0.387. The minimum Gasteiger partial charge on any atom is -0.456 e. The Bertz CT molecular complexity index is 1510. The monoisotopic (exact) mass is 541 g/mol. The van der Waals surface area contributed by atoms with Crippen molar-refractivity contribution in [3.8, 4) is 5.69 Å². The Hall–Kier alpha value is -3.87. The fourth-order valence-corrected chi connectivity index (χ4v) is 6.45. The van der Waals surface area contributed by atoms with Gasteiger partial charge in [-0.2, -0.15) is 4.31 Å². The van der Waals surface area contributed by atoms with Crippen LogP contribution >= 0.6 is 0 Å². The summed E-state index contributed by atoms with van der Waals surface area (Å²) in [5.74, 6) is -1.50. The van der Waals surface area contributed by atoms with Gasteiger partial charge in [-0.05, 0) is 45.0 Å². The molecule has 4 rings (SSSR count). The third-order valence-electron chi connectivity index (χ3n) is 6.52. The molecule has 2 aromatic carbocycles. The van der Waals surface area contributed by atoms with Crippen molar-refractivity contribution in [3.63, 3.8) is 0 Å². The van der Waals surface area contributed by atoms with Gasteiger partial charge in [0, 0.05) is 41.7 Å². The average Bonchev–Trinajstić information content (AvgIpc) is 3.42. The summed E-state index contributed by atoms with van der Waals surface area (Å²) in [7, 11) is -4.53. The summed E-state index contributed by atoms with van der Waals surface area (Å²) >= 11 is 0. The van der Waals surface area contributed by atoms with Gasteiger partial charge in [0.1, 0.15) is 6.04 Å². The lowest BCUT2D eigenvalue weighted by Crippen LogP contribution is -2.42. The quantitative estimate of drug-likeness (QED) is 0.198. The molecule has 0 saturated carbocycles. The number of hydrogen-bond donors (Lipinski definition) is 1. The van der Waals surface area contributed by atoms with Gasteiger partial charge in [0.2, 0.25) is 5.78 Å². The van der Waals surface area contributed by atoms with Crippen molar-refractivity contribution < 1.29 is 32.8 Å². The Kier molecular flexibility index (Phi) is 7.49. The van der Waals surface area contributed by atoms with E-state index >= 15 is 0 Å². The number of esters is 1. The van der Waals surface area contributed by atoms with Gasteiger partial charge in [-0.25, -0.2) is 8.42 Å². The highest BCUT2D eigenvalue weighted by molar-refractivity contribution is 7.89. The van der Waals surface area contributed by atoms with E-state index in [0.717, 1.165) is 29.1 Å². The Morgan fingerprint density at radius 3 is 2.42 bits per heavy atom. The number of Topliss-reactive ketones (excluding diaryl/α,β-unsaturated/α-hetero) is 1. The Morgan fingerprint density at radius 1 is 1.11 bits per heavy atom. The molecule has 1 saturated heterocycles. The highest BCUT2D eigenvalue weighted by atomic mass is 32.2. The smallest absolute Gasteiger partial charge is 0.325 e. The SMILES string of the molecule is Cc1ccc(-n2c(C)cc(C(=O)COC(=O)[C@H]3C[C@@H](O)CN3S(=O)(=O)c3ccccc3[N+](=O)[O-])c2C)cc1. The van der Waals surface area contributed by atoms with Crippen molar-refractivity contribution in [1.82, 2.24) is 8.87 Å². The van der Waals surface area contributed by atoms with Gasteiger partial charge in [0.25, 0.3) is 15.7 Å². The molecule has 1 aromatic heterocycles. The third kappa shape index (κ3) is 5.10. The van der Waals surface area contributed by atoms with E-state index in [1.165, 1.54) is 12.1 Å². The Balaban J connectivity index is 1.52. The first-order chi connectivity index (χ1) is 17.9. The number of rotatable bonds is 8. The molecule has 0 spiro atoms. The van der Waals surface area contributed by atoms with Gasteiger partial charge in [-0.3, -0.25) is 19.7 Å². The molecule has 1 fully saturated rings. The molecule has 1 aliphatic heterocycles. The molecule has 12 heteroatoms. The van der Waals surface area contributed by atoms with Crippen LogP contribution < -0.4 is 0 Å². The van der Waals surface area contributed by atoms with Crippen LogP contribution in [0.1, 0.15) is 33.7 Å². The van der Waals surface area contributed by atoms with Gasteiger partial charge in [0.15, 0.2) is 11.5 Å². The maximum absolute atomic E-state index is 13.3. The van der Waals surface area contributed by atoms with Crippen molar-refractivity contribution in [2.75, 3.05) is 13.2 Å². The fraction of sp³-hybridized carbons (Fsp3) is 0.308. The maximum Gasteiger partial charge on any atom is 0.325 e. The topological polar surface area (TPSA) is 149 Å². The normalized spacial score (nSPS) is 17.9. The summed E-state index contributed by atoms with van der Waals surface area (Å²) in [6, 6.07) is 12.8. The van der Waals surface area contributed by atoms with Crippen LogP contribution in [0.5, 0.6) is 0 Å². The number of aryl methyl sites for hydroxylation is 2. The third-order valence-corrected chi connectivity index (χ3v) is 8.45. The highest BCUT2D eigenvalue weighted by Gasteiger charge is 2.46. The number of ketones is 1. The van der Waals surface area contributed by atoms with Crippen LogP contribution in [0.3, 0.4) is 0 Å². The Morgan fingerprint density at radius 2 is 1.76 bits per heavy atom. The summed E-state index contributed by atoms with van der Waals surface area (Å²) in [4.78, 5) is 35.8. The van der Waals surface area contributed by atoms with Gasteiger partial charge in [-0.1, -0.05) is 29.8 Å². The first-order valence-electron chi connectivity index (χ1n) is 11.8. The molecule has 1 N–H and O–H groups in total. The highest BCUT2D eigenvalue weighted by Crippen LogP contribution is 2.32. The summed E-state index contributed by atoms with van der Waals surface area (Å²) in [5, 5.41) is 21.5. The van der Waals surface area contributed by atoms with Crippen molar-refractivity contribution in [1.29, 1.82) is 0 Å². The molecule has 0 aliphatic carbocycles. The zero-order valence-electron chi connectivity index (χ0n) is 21.0. The van der Waals surface area contributed by atoms with E-state index in [2.05, 4.69) is 0 Å². The molecule has 2 atom stereocenters. The molecule has 0 bridgehead atoms. The predicted molar refractivity (Wildman–Crippen MR) is 137 cm³/mol. The minimum atomic E-state index is -4.53. The number of nitrogens with zero attached hydrogens (tertiary/aromatic N) is 3. The fourth-order valence-electron chi connectivity index (χ4n) is 4.66. The van der Waals surface area contributed by atoms with E-state index < -0.39 is 62.6 Å². The molecule has 0 amide bonds. The number of sulfonamides is 1. The van der Waals surface area contributed by atoms with Crippen LogP contribution in [0.15, 0.2) is 59.5 Å². The molecule has 11 nitrogen and oxygen atoms in total. The molecule has 1 aliphatic rings. The molecule has 38 heavy (non-hydrogen) atoms. The number of carbonyl (C=O) groups excluding carboxylic acids is 2. The number of hydrogen-bond acceptors (Lipinski definition) is 8. The number of aliphatic hydroxyl groups excluding tert-OH is 1. The van der Waals surface area contributed by atoms with Crippen molar-refractivity contribution >= 4 is 27.5 Å². The van der Waals surface area contributed by atoms with Crippen LogP contribution in [0.2, 0.25) is 0 Å².